The van der Waals surface area contributed by atoms with Crippen LogP contribution >= 0.6 is 0 Å². The predicted octanol–water partition coefficient (Wildman–Crippen LogP) is 2.02. The number of amides is 1. The Hall–Kier alpha value is -2.60. The van der Waals surface area contributed by atoms with Crippen LogP contribution in [0.3, 0.4) is 0 Å². The molecule has 0 radical (unpaired) electrons. The number of ether oxygens (including phenoxy) is 1. The summed E-state index contributed by atoms with van der Waals surface area (Å²) in [6.45, 7) is 4.57. The number of carboxylic acids is 1. The van der Waals surface area contributed by atoms with Crippen molar-refractivity contribution in [3.8, 4) is 5.69 Å². The van der Waals surface area contributed by atoms with Crippen molar-refractivity contribution in [3.05, 3.63) is 53.3 Å². The molecule has 3 rings (SSSR count). The Morgan fingerprint density at radius 2 is 1.92 bits per heavy atom. The third-order valence-electron chi connectivity index (χ3n) is 4.31. The zero-order chi connectivity index (χ0) is 17.3. The molecule has 1 fully saturated rings. The Morgan fingerprint density at radius 1 is 1.21 bits per heavy atom. The van der Waals surface area contributed by atoms with Crippen LogP contribution < -0.4 is 0 Å². The maximum Gasteiger partial charge on any atom is 0.334 e. The molecule has 24 heavy (non-hydrogen) atoms. The Bertz CT molecular complexity index is 767. The monoisotopic (exact) mass is 328 g/mol. The SMILES string of the molecule is Cc1cc(C(=O)N2CCOC(C(=O)O)C2)c(C)n1-c1ccccc1. The first-order valence-corrected chi connectivity index (χ1v) is 7.87. The summed E-state index contributed by atoms with van der Waals surface area (Å²) >= 11 is 0. The van der Waals surface area contributed by atoms with Crippen molar-refractivity contribution in [3.63, 3.8) is 0 Å². The normalized spacial score (nSPS) is 17.8. The van der Waals surface area contributed by atoms with Crippen molar-refractivity contribution in [1.29, 1.82) is 0 Å². The van der Waals surface area contributed by atoms with E-state index in [9.17, 15) is 9.59 Å². The minimum Gasteiger partial charge on any atom is -0.479 e. The third-order valence-corrected chi connectivity index (χ3v) is 4.31. The first-order valence-electron chi connectivity index (χ1n) is 7.87. The fraction of sp³-hybridized carbons (Fsp3) is 0.333. The number of carbonyl (C=O) groups is 2. The highest BCUT2D eigenvalue weighted by Crippen LogP contribution is 2.22. The summed E-state index contributed by atoms with van der Waals surface area (Å²) in [5, 5.41) is 9.09. The van der Waals surface area contributed by atoms with Crippen LogP contribution in [0.5, 0.6) is 0 Å². The number of aryl methyl sites for hydroxylation is 1. The van der Waals surface area contributed by atoms with E-state index in [0.29, 0.717) is 12.1 Å². The molecule has 1 N–H and O–H groups in total. The molecule has 1 saturated heterocycles. The minimum absolute atomic E-state index is 0.0726. The topological polar surface area (TPSA) is 71.8 Å². The Labute approximate surface area is 140 Å². The number of morpholine rings is 1. The molecule has 1 aliphatic heterocycles. The standard InChI is InChI=1S/C18H20N2O4/c1-12-10-15(13(2)20(12)14-6-4-3-5-7-14)17(21)19-8-9-24-16(11-19)18(22)23/h3-7,10,16H,8-9,11H2,1-2H3,(H,22,23). The van der Waals surface area contributed by atoms with Gasteiger partial charge in [-0.3, -0.25) is 4.79 Å². The van der Waals surface area contributed by atoms with Gasteiger partial charge in [0, 0.05) is 23.6 Å². The van der Waals surface area contributed by atoms with Gasteiger partial charge in [-0.05, 0) is 32.0 Å². The lowest BCUT2D eigenvalue weighted by atomic mass is 10.2. The van der Waals surface area contributed by atoms with Crippen LogP contribution in [0.25, 0.3) is 5.69 Å². The molecule has 6 heteroatoms. The molecule has 1 unspecified atom stereocenters. The minimum atomic E-state index is -1.04. The number of hydrogen-bond donors (Lipinski definition) is 1. The Balaban J connectivity index is 1.90. The molecule has 1 aromatic carbocycles. The van der Waals surface area contributed by atoms with Crippen molar-refractivity contribution in [1.82, 2.24) is 9.47 Å². The fourth-order valence-corrected chi connectivity index (χ4v) is 3.11. The number of carbonyl (C=O) groups excluding carboxylic acids is 1. The number of hydrogen-bond acceptors (Lipinski definition) is 3. The van der Waals surface area contributed by atoms with Crippen LogP contribution in [-0.4, -0.2) is 52.3 Å². The van der Waals surface area contributed by atoms with Gasteiger partial charge in [0.2, 0.25) is 0 Å². The van der Waals surface area contributed by atoms with Crippen LogP contribution in [0.4, 0.5) is 0 Å². The second kappa shape index (κ2) is 6.49. The van der Waals surface area contributed by atoms with Gasteiger partial charge in [-0.25, -0.2) is 4.79 Å². The summed E-state index contributed by atoms with van der Waals surface area (Å²) in [6.07, 6.45) is -0.958. The predicted molar refractivity (Wildman–Crippen MR) is 88.5 cm³/mol. The van der Waals surface area contributed by atoms with Crippen LogP contribution in [0.2, 0.25) is 0 Å². The van der Waals surface area contributed by atoms with Gasteiger partial charge in [-0.1, -0.05) is 18.2 Å². The fourth-order valence-electron chi connectivity index (χ4n) is 3.11. The van der Waals surface area contributed by atoms with Crippen LogP contribution in [0.1, 0.15) is 21.7 Å². The van der Waals surface area contributed by atoms with Crippen molar-refractivity contribution in [2.45, 2.75) is 20.0 Å². The van der Waals surface area contributed by atoms with Gasteiger partial charge in [0.15, 0.2) is 6.10 Å². The van der Waals surface area contributed by atoms with Gasteiger partial charge >= 0.3 is 5.97 Å². The van der Waals surface area contributed by atoms with E-state index in [-0.39, 0.29) is 19.1 Å². The maximum atomic E-state index is 12.8. The van der Waals surface area contributed by atoms with Crippen molar-refractivity contribution in [2.24, 2.45) is 0 Å². The zero-order valence-electron chi connectivity index (χ0n) is 13.7. The summed E-state index contributed by atoms with van der Waals surface area (Å²) in [5.41, 5.74) is 3.41. The van der Waals surface area contributed by atoms with Crippen molar-refractivity contribution >= 4 is 11.9 Å². The molecule has 1 amide bonds. The van der Waals surface area contributed by atoms with Gasteiger partial charge in [0.1, 0.15) is 0 Å². The lowest BCUT2D eigenvalue weighted by Crippen LogP contribution is -2.48. The molecular weight excluding hydrogens is 308 g/mol. The van der Waals surface area contributed by atoms with E-state index in [1.807, 2.05) is 54.8 Å². The highest BCUT2D eigenvalue weighted by atomic mass is 16.5. The molecule has 1 aliphatic rings. The molecule has 0 saturated carbocycles. The summed E-state index contributed by atoms with van der Waals surface area (Å²) in [4.78, 5) is 25.5. The van der Waals surface area contributed by atoms with Gasteiger partial charge < -0.3 is 19.3 Å². The molecule has 2 heterocycles. The first kappa shape index (κ1) is 16.3. The third kappa shape index (κ3) is 2.92. The summed E-state index contributed by atoms with van der Waals surface area (Å²) in [7, 11) is 0. The van der Waals surface area contributed by atoms with E-state index < -0.39 is 12.1 Å². The highest BCUT2D eigenvalue weighted by molar-refractivity contribution is 5.96. The summed E-state index contributed by atoms with van der Waals surface area (Å²) in [5.74, 6) is -1.19. The maximum absolute atomic E-state index is 12.8. The van der Waals surface area contributed by atoms with E-state index in [0.717, 1.165) is 17.1 Å². The Morgan fingerprint density at radius 3 is 2.58 bits per heavy atom. The van der Waals surface area contributed by atoms with Crippen LogP contribution in [-0.2, 0) is 9.53 Å². The summed E-state index contributed by atoms with van der Waals surface area (Å²) in [6, 6.07) is 11.7. The number of aromatic nitrogens is 1. The quantitative estimate of drug-likeness (QED) is 0.936. The zero-order valence-corrected chi connectivity index (χ0v) is 13.7. The molecule has 1 aromatic heterocycles. The molecule has 6 nitrogen and oxygen atoms in total. The highest BCUT2D eigenvalue weighted by Gasteiger charge is 2.31. The van der Waals surface area contributed by atoms with Crippen molar-refractivity contribution in [2.75, 3.05) is 19.7 Å². The average molecular weight is 328 g/mol. The molecule has 126 valence electrons. The van der Waals surface area contributed by atoms with Crippen molar-refractivity contribution < 1.29 is 19.4 Å². The second-order valence-electron chi connectivity index (χ2n) is 5.90. The average Bonchev–Trinajstić information content (AvgIpc) is 2.89. The first-order chi connectivity index (χ1) is 11.5. The lowest BCUT2D eigenvalue weighted by molar-refractivity contribution is -0.154. The van der Waals surface area contributed by atoms with Crippen LogP contribution in [0.15, 0.2) is 36.4 Å². The largest absolute Gasteiger partial charge is 0.479 e. The number of carboxylic acid groups (broad SMARTS) is 1. The molecule has 1 atom stereocenters. The number of para-hydroxylation sites is 1. The van der Waals surface area contributed by atoms with Gasteiger partial charge in [0.25, 0.3) is 5.91 Å². The molecule has 0 aliphatic carbocycles. The van der Waals surface area contributed by atoms with Gasteiger partial charge in [-0.15, -0.1) is 0 Å². The number of rotatable bonds is 3. The van der Waals surface area contributed by atoms with E-state index in [1.165, 1.54) is 0 Å². The lowest BCUT2D eigenvalue weighted by Gasteiger charge is -2.30. The Kier molecular flexibility index (Phi) is 4.40. The molecular formula is C18H20N2O4. The second-order valence-corrected chi connectivity index (χ2v) is 5.90. The molecule has 0 spiro atoms. The van der Waals surface area contributed by atoms with Crippen LogP contribution in [0, 0.1) is 13.8 Å². The smallest absolute Gasteiger partial charge is 0.334 e. The molecule has 0 bridgehead atoms. The van der Waals surface area contributed by atoms with E-state index in [1.54, 1.807) is 4.90 Å². The van der Waals surface area contributed by atoms with E-state index >= 15 is 0 Å². The van der Waals surface area contributed by atoms with Gasteiger partial charge in [0.05, 0.1) is 18.7 Å². The number of nitrogens with zero attached hydrogens (tertiary/aromatic N) is 2. The van der Waals surface area contributed by atoms with E-state index in [2.05, 4.69) is 0 Å². The molecule has 2 aromatic rings. The number of benzene rings is 1. The number of aliphatic carboxylic acids is 1. The van der Waals surface area contributed by atoms with Gasteiger partial charge in [-0.2, -0.15) is 0 Å². The van der Waals surface area contributed by atoms with E-state index in [4.69, 9.17) is 9.84 Å². The summed E-state index contributed by atoms with van der Waals surface area (Å²) < 4.78 is 7.22.